The van der Waals surface area contributed by atoms with E-state index < -0.39 is 23.5 Å². The van der Waals surface area contributed by atoms with Crippen molar-refractivity contribution in [2.24, 2.45) is 0 Å². The van der Waals surface area contributed by atoms with Crippen molar-refractivity contribution in [2.45, 2.75) is 0 Å². The second kappa shape index (κ2) is 9.16. The van der Waals surface area contributed by atoms with Crippen molar-refractivity contribution < 1.29 is 23.2 Å². The third-order valence-corrected chi connectivity index (χ3v) is 4.12. The van der Waals surface area contributed by atoms with Crippen LogP contribution in [0.3, 0.4) is 0 Å². The van der Waals surface area contributed by atoms with Gasteiger partial charge >= 0.3 is 0 Å². The van der Waals surface area contributed by atoms with Crippen LogP contribution < -0.4 is 16.0 Å². The molecule has 0 radical (unpaired) electrons. The molecule has 0 saturated heterocycles. The molecule has 0 bridgehead atoms. The van der Waals surface area contributed by atoms with Gasteiger partial charge in [-0.2, -0.15) is 0 Å². The van der Waals surface area contributed by atoms with Crippen molar-refractivity contribution >= 4 is 45.0 Å². The van der Waals surface area contributed by atoms with E-state index in [9.17, 15) is 18.8 Å². The maximum Gasteiger partial charge on any atom is 0.287 e. The van der Waals surface area contributed by atoms with Crippen LogP contribution >= 0.6 is 15.9 Å². The van der Waals surface area contributed by atoms with E-state index in [2.05, 4.69) is 31.9 Å². The first-order valence-corrected chi connectivity index (χ1v) is 9.20. The molecule has 3 N–H and O–H groups in total. The molecule has 0 fully saturated rings. The van der Waals surface area contributed by atoms with E-state index in [0.717, 1.165) is 0 Å². The van der Waals surface area contributed by atoms with Gasteiger partial charge in [0.05, 0.1) is 6.54 Å². The van der Waals surface area contributed by atoms with E-state index in [1.165, 1.54) is 30.3 Å². The number of hydrogen-bond donors (Lipinski definition) is 3. The smallest absolute Gasteiger partial charge is 0.287 e. The van der Waals surface area contributed by atoms with Gasteiger partial charge in [-0.05, 0) is 64.5 Å². The number of benzene rings is 2. The summed E-state index contributed by atoms with van der Waals surface area (Å²) in [7, 11) is 0. The van der Waals surface area contributed by atoms with Crippen LogP contribution in [-0.2, 0) is 4.79 Å². The Kier molecular flexibility index (Phi) is 6.40. The van der Waals surface area contributed by atoms with E-state index in [-0.39, 0.29) is 17.9 Å². The number of carbonyl (C=O) groups excluding carboxylic acids is 3. The van der Waals surface area contributed by atoms with Gasteiger partial charge in [-0.3, -0.25) is 14.4 Å². The summed E-state index contributed by atoms with van der Waals surface area (Å²) < 4.78 is 18.7. The molecule has 0 aliphatic heterocycles. The van der Waals surface area contributed by atoms with E-state index in [1.54, 1.807) is 30.3 Å². The lowest BCUT2D eigenvalue weighted by Gasteiger charge is -2.09. The Labute approximate surface area is 173 Å². The van der Waals surface area contributed by atoms with E-state index in [1.807, 2.05) is 0 Å². The lowest BCUT2D eigenvalue weighted by molar-refractivity contribution is -0.115. The number of furan rings is 1. The van der Waals surface area contributed by atoms with Crippen LogP contribution in [0, 0.1) is 5.82 Å². The number of halogens is 2. The standard InChI is InChI=1S/C20H15BrFN3O4/c21-17-8-7-16(29-17)20(28)23-11-18(26)24-14-5-1-3-12(9-14)19(27)25-15-6-2-4-13(22)10-15/h1-10H,11H2,(H,23,28)(H,24,26)(H,25,27). The fourth-order valence-corrected chi connectivity index (χ4v) is 2.70. The summed E-state index contributed by atoms with van der Waals surface area (Å²) in [5, 5.41) is 7.59. The summed E-state index contributed by atoms with van der Waals surface area (Å²) in [6.07, 6.45) is 0. The van der Waals surface area contributed by atoms with Gasteiger partial charge < -0.3 is 20.4 Å². The van der Waals surface area contributed by atoms with Gasteiger partial charge in [0.2, 0.25) is 5.91 Å². The van der Waals surface area contributed by atoms with Gasteiger partial charge in [-0.15, -0.1) is 0 Å². The molecule has 2 aromatic carbocycles. The number of amides is 3. The predicted octanol–water partition coefficient (Wildman–Crippen LogP) is 3.80. The zero-order valence-corrected chi connectivity index (χ0v) is 16.5. The van der Waals surface area contributed by atoms with Crippen LogP contribution in [0.5, 0.6) is 0 Å². The molecule has 0 unspecified atom stereocenters. The topological polar surface area (TPSA) is 100 Å². The SMILES string of the molecule is O=C(CNC(=O)c1ccc(Br)o1)Nc1cccc(C(=O)Nc2cccc(F)c2)c1. The Balaban J connectivity index is 1.56. The number of rotatable bonds is 6. The molecule has 9 heteroatoms. The number of anilines is 2. The van der Waals surface area contributed by atoms with Crippen LogP contribution in [0.25, 0.3) is 0 Å². The summed E-state index contributed by atoms with van der Waals surface area (Å²) in [5.41, 5.74) is 0.963. The van der Waals surface area contributed by atoms with Gasteiger partial charge in [-0.25, -0.2) is 4.39 Å². The average Bonchev–Trinajstić information content (AvgIpc) is 3.13. The molecule has 3 aromatic rings. The molecule has 29 heavy (non-hydrogen) atoms. The van der Waals surface area contributed by atoms with Crippen molar-refractivity contribution in [1.29, 1.82) is 0 Å². The minimum Gasteiger partial charge on any atom is -0.444 e. The highest BCUT2D eigenvalue weighted by Gasteiger charge is 2.13. The monoisotopic (exact) mass is 459 g/mol. The van der Waals surface area contributed by atoms with Gasteiger partial charge in [0, 0.05) is 16.9 Å². The zero-order chi connectivity index (χ0) is 20.8. The first-order valence-electron chi connectivity index (χ1n) is 8.41. The van der Waals surface area contributed by atoms with E-state index in [4.69, 9.17) is 4.42 Å². The second-order valence-corrected chi connectivity index (χ2v) is 6.66. The number of hydrogen-bond acceptors (Lipinski definition) is 4. The summed E-state index contributed by atoms with van der Waals surface area (Å²) in [6.45, 7) is -0.281. The molecular weight excluding hydrogens is 445 g/mol. The maximum absolute atomic E-state index is 13.2. The van der Waals surface area contributed by atoms with E-state index >= 15 is 0 Å². The third-order valence-electron chi connectivity index (χ3n) is 3.70. The molecule has 7 nitrogen and oxygen atoms in total. The Morgan fingerprint density at radius 1 is 0.897 bits per heavy atom. The maximum atomic E-state index is 13.2. The van der Waals surface area contributed by atoms with E-state index in [0.29, 0.717) is 16.0 Å². The van der Waals surface area contributed by atoms with Crippen molar-refractivity contribution in [1.82, 2.24) is 5.32 Å². The lowest BCUT2D eigenvalue weighted by Crippen LogP contribution is -2.32. The van der Waals surface area contributed by atoms with Gasteiger partial charge in [-0.1, -0.05) is 12.1 Å². The first kappa shape index (κ1) is 20.3. The summed E-state index contributed by atoms with van der Waals surface area (Å²) in [6, 6.07) is 14.8. The molecule has 0 aliphatic carbocycles. The third kappa shape index (κ3) is 5.76. The molecule has 148 valence electrons. The molecular formula is C20H15BrFN3O4. The normalized spacial score (nSPS) is 10.3. The Morgan fingerprint density at radius 3 is 2.31 bits per heavy atom. The van der Waals surface area contributed by atoms with Crippen molar-refractivity contribution in [3.8, 4) is 0 Å². The second-order valence-electron chi connectivity index (χ2n) is 5.88. The van der Waals surface area contributed by atoms with Crippen LogP contribution in [0.1, 0.15) is 20.9 Å². The van der Waals surface area contributed by atoms with Crippen LogP contribution in [0.2, 0.25) is 0 Å². The fourth-order valence-electron chi connectivity index (χ4n) is 2.40. The number of nitrogens with one attached hydrogen (secondary N) is 3. The quantitative estimate of drug-likeness (QED) is 0.521. The Bertz CT molecular complexity index is 1070. The van der Waals surface area contributed by atoms with Gasteiger partial charge in [0.25, 0.3) is 11.8 Å². The molecule has 0 saturated carbocycles. The van der Waals surface area contributed by atoms with Gasteiger partial charge in [0.1, 0.15) is 5.82 Å². The molecule has 0 aliphatic rings. The molecule has 3 rings (SSSR count). The zero-order valence-electron chi connectivity index (χ0n) is 14.9. The minimum atomic E-state index is -0.533. The summed E-state index contributed by atoms with van der Waals surface area (Å²) >= 11 is 3.09. The molecule has 1 heterocycles. The lowest BCUT2D eigenvalue weighted by atomic mass is 10.1. The molecule has 0 spiro atoms. The van der Waals surface area contributed by atoms with Crippen molar-refractivity contribution in [3.05, 3.63) is 82.5 Å². The number of carbonyl (C=O) groups is 3. The molecule has 3 amide bonds. The van der Waals surface area contributed by atoms with Gasteiger partial charge in [0.15, 0.2) is 10.4 Å². The predicted molar refractivity (Wildman–Crippen MR) is 108 cm³/mol. The molecule has 0 atom stereocenters. The summed E-state index contributed by atoms with van der Waals surface area (Å²) in [5.74, 6) is -1.86. The van der Waals surface area contributed by atoms with Crippen LogP contribution in [-0.4, -0.2) is 24.3 Å². The fraction of sp³-hybridized carbons (Fsp3) is 0.0500. The summed E-state index contributed by atoms with van der Waals surface area (Å²) in [4.78, 5) is 36.2. The highest BCUT2D eigenvalue weighted by molar-refractivity contribution is 9.10. The average molecular weight is 460 g/mol. The largest absolute Gasteiger partial charge is 0.444 e. The minimum absolute atomic E-state index is 0.0701. The van der Waals surface area contributed by atoms with Crippen molar-refractivity contribution in [2.75, 3.05) is 17.2 Å². The van der Waals surface area contributed by atoms with Crippen LogP contribution in [0.4, 0.5) is 15.8 Å². The van der Waals surface area contributed by atoms with Crippen LogP contribution in [0.15, 0.2) is 69.8 Å². The Hall–Kier alpha value is -3.46. The highest BCUT2D eigenvalue weighted by Crippen LogP contribution is 2.15. The molecule has 1 aromatic heterocycles. The Morgan fingerprint density at radius 2 is 1.62 bits per heavy atom. The highest BCUT2D eigenvalue weighted by atomic mass is 79.9. The van der Waals surface area contributed by atoms with Crippen molar-refractivity contribution in [3.63, 3.8) is 0 Å². The first-order chi connectivity index (χ1) is 13.9.